The molecule has 0 aliphatic rings. The van der Waals surface area contributed by atoms with Crippen molar-refractivity contribution in [2.24, 2.45) is 0 Å². The average molecular weight is 809 g/mol. The molecule has 0 saturated heterocycles. The Hall–Kier alpha value is -4.97. The summed E-state index contributed by atoms with van der Waals surface area (Å²) in [6.45, 7) is 6.00. The quantitative estimate of drug-likeness (QED) is 0.0356. The van der Waals surface area contributed by atoms with Crippen LogP contribution in [0.1, 0.15) is 136 Å². The van der Waals surface area contributed by atoms with E-state index in [4.69, 9.17) is 14.2 Å². The zero-order chi connectivity index (χ0) is 43.0. The number of allylic oxidation sites excluding steroid dienone is 25. The topological polar surface area (TPSA) is 78.9 Å². The Bertz CT molecular complexity index is 1440. The predicted molar refractivity (Wildman–Crippen MR) is 251 cm³/mol. The highest BCUT2D eigenvalue weighted by Gasteiger charge is 2.19. The summed E-state index contributed by atoms with van der Waals surface area (Å²) in [5, 5.41) is 0. The minimum atomic E-state index is -0.888. The van der Waals surface area contributed by atoms with Crippen LogP contribution < -0.4 is 0 Å². The first-order valence-corrected chi connectivity index (χ1v) is 22.0. The van der Waals surface area contributed by atoms with E-state index in [2.05, 4.69) is 136 Å². The number of esters is 3. The van der Waals surface area contributed by atoms with E-state index in [0.717, 1.165) is 83.5 Å². The maximum absolute atomic E-state index is 12.7. The summed E-state index contributed by atoms with van der Waals surface area (Å²) in [5.41, 5.74) is 0. The van der Waals surface area contributed by atoms with Crippen LogP contribution in [0, 0.1) is 0 Å². The summed E-state index contributed by atoms with van der Waals surface area (Å²) in [6.07, 6.45) is 67.2. The van der Waals surface area contributed by atoms with E-state index >= 15 is 0 Å². The van der Waals surface area contributed by atoms with Gasteiger partial charge in [-0.2, -0.15) is 0 Å². The zero-order valence-corrected chi connectivity index (χ0v) is 36.7. The molecule has 0 bridgehead atoms. The van der Waals surface area contributed by atoms with Crippen LogP contribution in [0.2, 0.25) is 0 Å². The molecular weight excluding hydrogens is 733 g/mol. The Morgan fingerprint density at radius 3 is 0.949 bits per heavy atom. The Balaban J connectivity index is 4.70. The molecule has 59 heavy (non-hydrogen) atoms. The summed E-state index contributed by atoms with van der Waals surface area (Å²) >= 11 is 0. The molecule has 6 heteroatoms. The number of rotatable bonds is 36. The molecule has 0 aromatic heterocycles. The molecule has 6 nitrogen and oxygen atoms in total. The van der Waals surface area contributed by atoms with E-state index in [1.165, 1.54) is 0 Å². The van der Waals surface area contributed by atoms with E-state index in [1.54, 1.807) is 6.08 Å². The van der Waals surface area contributed by atoms with Gasteiger partial charge in [-0.1, -0.05) is 179 Å². The van der Waals surface area contributed by atoms with Crippen molar-refractivity contribution in [3.05, 3.63) is 158 Å². The van der Waals surface area contributed by atoms with Crippen molar-refractivity contribution in [3.63, 3.8) is 0 Å². The van der Waals surface area contributed by atoms with Crippen LogP contribution in [0.3, 0.4) is 0 Å². The van der Waals surface area contributed by atoms with Gasteiger partial charge in [0.1, 0.15) is 13.2 Å². The zero-order valence-electron chi connectivity index (χ0n) is 36.7. The van der Waals surface area contributed by atoms with Gasteiger partial charge < -0.3 is 14.2 Å². The van der Waals surface area contributed by atoms with Crippen LogP contribution in [0.5, 0.6) is 0 Å². The van der Waals surface area contributed by atoms with Gasteiger partial charge in [0.2, 0.25) is 0 Å². The van der Waals surface area contributed by atoms with Crippen LogP contribution in [0.25, 0.3) is 0 Å². The molecule has 0 N–H and O–H groups in total. The summed E-state index contributed by atoms with van der Waals surface area (Å²) in [4.78, 5) is 37.6. The molecule has 0 heterocycles. The van der Waals surface area contributed by atoms with Crippen molar-refractivity contribution in [2.45, 2.75) is 142 Å². The molecule has 0 aromatic rings. The third kappa shape index (κ3) is 44.0. The average Bonchev–Trinajstić information content (AvgIpc) is 3.23. The lowest BCUT2D eigenvalue weighted by atomic mass is 10.2. The van der Waals surface area contributed by atoms with E-state index in [9.17, 15) is 14.4 Å². The maximum Gasteiger partial charge on any atom is 0.309 e. The molecule has 0 aliphatic heterocycles. The standard InChI is InChI=1S/C53H76O6/c1-4-7-10-13-16-19-21-23-25-27-29-31-34-37-40-43-46-52(55)58-49-50(48-57-51(54)45-42-39-36-33-18-15-12-9-6-3)59-53(56)47-44-41-38-35-32-30-28-26-24-22-20-17-14-11-8-5-2/h7-12,16-20,23-26,29-33,37-42,50H,4-6,13-15,21-22,27-28,34-36,43-49H2,1-3H3/b10-7-,11-8-,12-9-,19-16-,20-17-,25-23-,26-24-,31-29-,32-30-,33-18-,40-37-,41-38-,42-39-. The number of hydrogen-bond acceptors (Lipinski definition) is 6. The second-order valence-corrected chi connectivity index (χ2v) is 13.5. The molecular formula is C53H76O6. The predicted octanol–water partition coefficient (Wildman–Crippen LogP) is 14.3. The van der Waals surface area contributed by atoms with Crippen LogP contribution >= 0.6 is 0 Å². The normalized spacial score (nSPS) is 13.6. The fourth-order valence-corrected chi connectivity index (χ4v) is 4.89. The third-order valence-corrected chi connectivity index (χ3v) is 8.07. The first-order chi connectivity index (χ1) is 29.0. The number of ether oxygens (including phenoxy) is 3. The van der Waals surface area contributed by atoms with E-state index in [0.29, 0.717) is 12.8 Å². The van der Waals surface area contributed by atoms with Gasteiger partial charge >= 0.3 is 17.9 Å². The molecule has 0 fully saturated rings. The SMILES string of the molecule is CC/C=C\C/C=C\C/C=C\C/C=C\C/C=C\CCC(=O)OCC(COC(=O)C/C=C\C/C=C\C/C=C\CC)OC(=O)CC/C=C\C/C=C\C/C=C\C/C=C\C/C=C\CC. The molecule has 0 radical (unpaired) electrons. The fraction of sp³-hybridized carbons (Fsp3) is 0.453. The summed E-state index contributed by atoms with van der Waals surface area (Å²) in [7, 11) is 0. The first kappa shape index (κ1) is 54.0. The van der Waals surface area contributed by atoms with Crippen LogP contribution in [-0.2, 0) is 28.6 Å². The lowest BCUT2D eigenvalue weighted by Crippen LogP contribution is -2.30. The van der Waals surface area contributed by atoms with Crippen LogP contribution in [-0.4, -0.2) is 37.2 Å². The van der Waals surface area contributed by atoms with Gasteiger partial charge in [-0.05, 0) is 96.3 Å². The molecule has 0 aromatic carbocycles. The van der Waals surface area contributed by atoms with Crippen LogP contribution in [0.4, 0.5) is 0 Å². The molecule has 0 rings (SSSR count). The van der Waals surface area contributed by atoms with Crippen molar-refractivity contribution < 1.29 is 28.6 Å². The Morgan fingerprint density at radius 2 is 0.610 bits per heavy atom. The molecule has 0 spiro atoms. The van der Waals surface area contributed by atoms with Gasteiger partial charge in [-0.3, -0.25) is 14.4 Å². The molecule has 1 atom stereocenters. The van der Waals surface area contributed by atoms with E-state index < -0.39 is 24.0 Å². The molecule has 0 amide bonds. The minimum Gasteiger partial charge on any atom is -0.462 e. The van der Waals surface area contributed by atoms with Gasteiger partial charge in [0.05, 0.1) is 6.42 Å². The molecule has 0 saturated carbocycles. The maximum atomic E-state index is 12.7. The van der Waals surface area contributed by atoms with Crippen molar-refractivity contribution in [1.82, 2.24) is 0 Å². The highest BCUT2D eigenvalue weighted by atomic mass is 16.6. The highest BCUT2D eigenvalue weighted by molar-refractivity contribution is 5.72. The number of hydrogen-bond donors (Lipinski definition) is 0. The summed E-state index contributed by atoms with van der Waals surface area (Å²) < 4.78 is 16.4. The number of carbonyl (C=O) groups is 3. The summed E-state index contributed by atoms with van der Waals surface area (Å²) in [6, 6.07) is 0. The number of carbonyl (C=O) groups excluding carboxylic acids is 3. The van der Waals surface area contributed by atoms with Crippen molar-refractivity contribution in [2.75, 3.05) is 13.2 Å². The second kappa shape index (κ2) is 45.7. The molecule has 1 unspecified atom stereocenters. The third-order valence-electron chi connectivity index (χ3n) is 8.07. The lowest BCUT2D eigenvalue weighted by Gasteiger charge is -2.18. The Morgan fingerprint density at radius 1 is 0.339 bits per heavy atom. The summed E-state index contributed by atoms with van der Waals surface area (Å²) in [5.74, 6) is -1.29. The van der Waals surface area contributed by atoms with E-state index in [1.807, 2.05) is 36.5 Å². The van der Waals surface area contributed by atoms with Gasteiger partial charge in [0.15, 0.2) is 6.10 Å². The van der Waals surface area contributed by atoms with Gasteiger partial charge in [-0.15, -0.1) is 0 Å². The fourth-order valence-electron chi connectivity index (χ4n) is 4.89. The van der Waals surface area contributed by atoms with Crippen LogP contribution in [0.15, 0.2) is 158 Å². The Labute approximate surface area is 359 Å². The van der Waals surface area contributed by atoms with Crippen molar-refractivity contribution >= 4 is 17.9 Å². The largest absolute Gasteiger partial charge is 0.462 e. The van der Waals surface area contributed by atoms with Crippen molar-refractivity contribution in [1.29, 1.82) is 0 Å². The lowest BCUT2D eigenvalue weighted by molar-refractivity contribution is -0.166. The highest BCUT2D eigenvalue weighted by Crippen LogP contribution is 2.06. The van der Waals surface area contributed by atoms with Gasteiger partial charge in [0.25, 0.3) is 0 Å². The van der Waals surface area contributed by atoms with Gasteiger partial charge in [-0.25, -0.2) is 0 Å². The monoisotopic (exact) mass is 809 g/mol. The second-order valence-electron chi connectivity index (χ2n) is 13.5. The smallest absolute Gasteiger partial charge is 0.309 e. The molecule has 0 aliphatic carbocycles. The first-order valence-electron chi connectivity index (χ1n) is 22.0. The van der Waals surface area contributed by atoms with Gasteiger partial charge in [0, 0.05) is 12.8 Å². The minimum absolute atomic E-state index is 0.0986. The Kier molecular flexibility index (Phi) is 41.9. The van der Waals surface area contributed by atoms with Crippen molar-refractivity contribution in [3.8, 4) is 0 Å². The molecule has 324 valence electrons. The van der Waals surface area contributed by atoms with E-state index in [-0.39, 0.29) is 32.5 Å².